The molecule has 1 unspecified atom stereocenters. The molecule has 10 nitrogen and oxygen atoms in total. The van der Waals surface area contributed by atoms with E-state index in [0.717, 1.165) is 0 Å². The van der Waals surface area contributed by atoms with Crippen LogP contribution >= 0.6 is 22.6 Å². The number of nitrogens with zero attached hydrogens (tertiary/aromatic N) is 1. The predicted molar refractivity (Wildman–Crippen MR) is 135 cm³/mol. The highest BCUT2D eigenvalue weighted by molar-refractivity contribution is 14.1. The minimum atomic E-state index is -4.79. The van der Waals surface area contributed by atoms with Gasteiger partial charge in [0.2, 0.25) is 5.91 Å². The molecule has 3 rings (SSSR count). The maximum absolute atomic E-state index is 13.6. The number of halogens is 4. The Morgan fingerprint density at radius 2 is 2.03 bits per heavy atom. The third-order valence-corrected chi connectivity index (χ3v) is 6.98. The smallest absolute Gasteiger partial charge is 0.406 e. The average Bonchev–Trinajstić information content (AvgIpc) is 3.42. The van der Waals surface area contributed by atoms with Gasteiger partial charge in [-0.2, -0.15) is 13.2 Å². The van der Waals surface area contributed by atoms with Gasteiger partial charge in [0.15, 0.2) is 11.5 Å². The summed E-state index contributed by atoms with van der Waals surface area (Å²) in [5.41, 5.74) is 0.491. The lowest BCUT2D eigenvalue weighted by molar-refractivity contribution is -0.177. The molecule has 1 aromatic carbocycles. The molecule has 2 amide bonds. The Morgan fingerprint density at radius 1 is 1.29 bits per heavy atom. The maximum Gasteiger partial charge on any atom is 0.406 e. The molecule has 38 heavy (non-hydrogen) atoms. The van der Waals surface area contributed by atoms with Gasteiger partial charge in [0.05, 0.1) is 29.9 Å². The first kappa shape index (κ1) is 30.4. The second kappa shape index (κ2) is 13.3. The number of amides is 2. The van der Waals surface area contributed by atoms with E-state index in [1.54, 1.807) is 6.07 Å². The fourth-order valence-corrected chi connectivity index (χ4v) is 5.20. The summed E-state index contributed by atoms with van der Waals surface area (Å²) in [5.74, 6) is -1.29. The van der Waals surface area contributed by atoms with E-state index in [9.17, 15) is 33.0 Å². The summed E-state index contributed by atoms with van der Waals surface area (Å²) in [6, 6.07) is 1.62. The highest BCUT2D eigenvalue weighted by Gasteiger charge is 2.46. The van der Waals surface area contributed by atoms with Crippen LogP contribution in [0, 0.1) is 3.57 Å². The minimum Gasteiger partial charge on any atom is -0.493 e. The first-order valence-electron chi connectivity index (χ1n) is 11.9. The highest BCUT2D eigenvalue weighted by atomic mass is 127. The molecule has 212 valence electrons. The molecule has 0 spiro atoms. The molecule has 1 fully saturated rings. The van der Waals surface area contributed by atoms with E-state index in [2.05, 4.69) is 5.32 Å². The van der Waals surface area contributed by atoms with Gasteiger partial charge in [-0.3, -0.25) is 9.59 Å². The van der Waals surface area contributed by atoms with E-state index >= 15 is 0 Å². The highest BCUT2D eigenvalue weighted by Crippen LogP contribution is 2.37. The van der Waals surface area contributed by atoms with Crippen LogP contribution in [0.1, 0.15) is 24.8 Å². The molecular weight excluding hydrogens is 628 g/mol. The fraction of sp³-hybridized carbons (Fsp3) is 0.583. The summed E-state index contributed by atoms with van der Waals surface area (Å²) < 4.78 is 58.0. The molecule has 4 atom stereocenters. The van der Waals surface area contributed by atoms with Crippen LogP contribution in [0.25, 0.3) is 0 Å². The molecule has 0 aromatic heterocycles. The fourth-order valence-electron chi connectivity index (χ4n) is 4.40. The molecule has 0 radical (unpaired) electrons. The summed E-state index contributed by atoms with van der Waals surface area (Å²) in [4.78, 5) is 26.5. The van der Waals surface area contributed by atoms with Crippen LogP contribution < -0.4 is 14.8 Å². The maximum atomic E-state index is 13.6. The van der Waals surface area contributed by atoms with Crippen molar-refractivity contribution in [3.63, 3.8) is 0 Å². The molecule has 4 N–H and O–H groups in total. The largest absolute Gasteiger partial charge is 0.493 e. The van der Waals surface area contributed by atoms with Gasteiger partial charge >= 0.3 is 6.18 Å². The molecule has 1 saturated heterocycles. The monoisotopic (exact) mass is 658 g/mol. The summed E-state index contributed by atoms with van der Waals surface area (Å²) in [5, 5.41) is 32.3. The first-order valence-corrected chi connectivity index (χ1v) is 13.0. The Balaban J connectivity index is 2.02. The third-order valence-electron chi connectivity index (χ3n) is 6.18. The van der Waals surface area contributed by atoms with Gasteiger partial charge in [0, 0.05) is 25.1 Å². The van der Waals surface area contributed by atoms with Gasteiger partial charge in [-0.1, -0.05) is 0 Å². The number of ether oxygens (including phenoxy) is 3. The summed E-state index contributed by atoms with van der Waals surface area (Å²) >= 11 is 1.92. The number of benzene rings is 1. The Morgan fingerprint density at radius 3 is 2.61 bits per heavy atom. The van der Waals surface area contributed by atoms with Gasteiger partial charge in [-0.15, -0.1) is 0 Å². The molecule has 1 aliphatic heterocycles. The Labute approximate surface area is 230 Å². The topological polar surface area (TPSA) is 138 Å². The van der Waals surface area contributed by atoms with Crippen molar-refractivity contribution in [1.82, 2.24) is 10.2 Å². The van der Waals surface area contributed by atoms with Crippen molar-refractivity contribution in [2.75, 3.05) is 33.4 Å². The molecular formula is C24H30F3IN2O8. The Kier molecular flexibility index (Phi) is 10.6. The number of carbonyl (C=O) groups excluding carboxylic acids is 2. The van der Waals surface area contributed by atoms with Crippen LogP contribution in [-0.4, -0.2) is 96.0 Å². The van der Waals surface area contributed by atoms with Crippen molar-refractivity contribution in [2.24, 2.45) is 0 Å². The van der Waals surface area contributed by atoms with E-state index in [0.29, 0.717) is 20.5 Å². The lowest BCUT2D eigenvalue weighted by Crippen LogP contribution is -2.58. The summed E-state index contributed by atoms with van der Waals surface area (Å²) in [6.07, 6.45) is -7.24. The number of methoxy groups -OCH3 is 1. The summed E-state index contributed by atoms with van der Waals surface area (Å²) in [7, 11) is 1.36. The number of alkyl halides is 3. The zero-order chi connectivity index (χ0) is 28.0. The second-order valence-corrected chi connectivity index (χ2v) is 10.0. The summed E-state index contributed by atoms with van der Waals surface area (Å²) in [6.45, 7) is -2.18. The number of rotatable bonds is 10. The number of aliphatic hydroxyl groups excluding tert-OH is 3. The van der Waals surface area contributed by atoms with Gasteiger partial charge in [0.25, 0.3) is 5.91 Å². The van der Waals surface area contributed by atoms with Crippen molar-refractivity contribution >= 4 is 34.4 Å². The molecule has 14 heteroatoms. The van der Waals surface area contributed by atoms with Crippen molar-refractivity contribution in [3.05, 3.63) is 32.9 Å². The number of hydrogen-bond acceptors (Lipinski definition) is 8. The van der Waals surface area contributed by atoms with Crippen LogP contribution in [0.5, 0.6) is 11.5 Å². The van der Waals surface area contributed by atoms with Gasteiger partial charge in [-0.05, 0) is 59.2 Å². The van der Waals surface area contributed by atoms with Crippen LogP contribution in [0.4, 0.5) is 13.2 Å². The Bertz CT molecular complexity index is 1030. The SMILES string of the molecule is COc1cc(CO)cc(I)c1O[C@H]1C=C(C(=O)NCCO)C[C@@H](N(CC(F)(F)F)C(=O)C2CCCO2)[C@@H]1O. The van der Waals surface area contributed by atoms with Crippen molar-refractivity contribution < 1.29 is 52.3 Å². The van der Waals surface area contributed by atoms with E-state index in [4.69, 9.17) is 19.3 Å². The van der Waals surface area contributed by atoms with E-state index in [-0.39, 0.29) is 56.3 Å². The lowest BCUT2D eigenvalue weighted by Gasteiger charge is -2.41. The molecule has 1 aromatic rings. The third kappa shape index (κ3) is 7.49. The minimum absolute atomic E-state index is 0.0213. The van der Waals surface area contributed by atoms with Gasteiger partial charge < -0.3 is 39.7 Å². The molecule has 0 saturated carbocycles. The molecule has 1 aliphatic carbocycles. The number of nitrogens with one attached hydrogen (secondary N) is 1. The van der Waals surface area contributed by atoms with Gasteiger partial charge in [0.1, 0.15) is 24.9 Å². The number of hydrogen-bond donors (Lipinski definition) is 4. The lowest BCUT2D eigenvalue weighted by atomic mass is 9.87. The normalized spacial score (nSPS) is 23.5. The quantitative estimate of drug-likeness (QED) is 0.276. The van der Waals surface area contributed by atoms with Crippen LogP contribution in [0.15, 0.2) is 23.8 Å². The standard InChI is InChI=1S/C24H30F3IN2O8/c1-36-19-8-13(11-32)7-15(28)21(19)38-18-10-14(22(34)29-4-5-31)9-16(20(18)33)30(12-24(25,26)27)23(35)17-3-2-6-37-17/h7-8,10,16-18,20,31-33H,2-6,9,11-12H2,1H3,(H,29,34)/t16-,17?,18+,20+/m1/s1. The number of aliphatic hydroxyl groups is 3. The zero-order valence-electron chi connectivity index (χ0n) is 20.5. The first-order chi connectivity index (χ1) is 18.0. The molecule has 0 bridgehead atoms. The van der Waals surface area contributed by atoms with E-state index in [1.807, 2.05) is 22.6 Å². The van der Waals surface area contributed by atoms with Crippen molar-refractivity contribution in [1.29, 1.82) is 0 Å². The average molecular weight is 658 g/mol. The molecule has 2 aliphatic rings. The number of carbonyl (C=O) groups is 2. The predicted octanol–water partition coefficient (Wildman–Crippen LogP) is 1.28. The van der Waals surface area contributed by atoms with Crippen molar-refractivity contribution in [2.45, 2.75) is 56.4 Å². The van der Waals surface area contributed by atoms with E-state index < -0.39 is 48.9 Å². The van der Waals surface area contributed by atoms with Crippen LogP contribution in [0.2, 0.25) is 0 Å². The van der Waals surface area contributed by atoms with Gasteiger partial charge in [-0.25, -0.2) is 0 Å². The second-order valence-electron chi connectivity index (χ2n) is 8.87. The van der Waals surface area contributed by atoms with Crippen LogP contribution in [0.3, 0.4) is 0 Å². The van der Waals surface area contributed by atoms with E-state index in [1.165, 1.54) is 19.3 Å². The van der Waals surface area contributed by atoms with Crippen molar-refractivity contribution in [3.8, 4) is 11.5 Å². The van der Waals surface area contributed by atoms with Crippen LogP contribution in [-0.2, 0) is 20.9 Å². The molecule has 1 heterocycles. The zero-order valence-corrected chi connectivity index (χ0v) is 22.7. The Hall–Kier alpha value is -2.14.